The van der Waals surface area contributed by atoms with E-state index in [0.717, 1.165) is 55.8 Å². The molecule has 1 unspecified atom stereocenters. The molecule has 1 saturated carbocycles. The first-order valence-electron chi connectivity index (χ1n) is 17.0. The smallest absolute Gasteiger partial charge is 0.330 e. The molecule has 1 N–H and O–H groups in total. The molecule has 48 heavy (non-hydrogen) atoms. The van der Waals surface area contributed by atoms with Crippen LogP contribution in [0.1, 0.15) is 57.1 Å². The summed E-state index contributed by atoms with van der Waals surface area (Å²) in [4.78, 5) is 31.1. The summed E-state index contributed by atoms with van der Waals surface area (Å²) in [5.74, 6) is 0.584. The van der Waals surface area contributed by atoms with Crippen molar-refractivity contribution in [1.29, 1.82) is 0 Å². The Kier molecular flexibility index (Phi) is 9.02. The van der Waals surface area contributed by atoms with Gasteiger partial charge in [-0.25, -0.2) is 13.7 Å². The number of amides is 3. The van der Waals surface area contributed by atoms with Crippen molar-refractivity contribution in [1.82, 2.24) is 9.62 Å². The molecule has 2 aromatic carbocycles. The molecule has 3 heterocycles. The maximum atomic E-state index is 14.9. The second kappa shape index (κ2) is 13.0. The minimum atomic E-state index is -3.76. The molecule has 2 fully saturated rings. The van der Waals surface area contributed by atoms with Crippen molar-refractivity contribution in [2.45, 2.75) is 74.4 Å². The number of likely N-dealkylation sites (tertiary alicyclic amines) is 1. The van der Waals surface area contributed by atoms with E-state index in [1.165, 1.54) is 11.1 Å². The number of urea groups is 1. The number of carbonyl (C=O) groups is 2. The first-order chi connectivity index (χ1) is 23.0. The van der Waals surface area contributed by atoms with Crippen LogP contribution in [-0.4, -0.2) is 79.3 Å². The third kappa shape index (κ3) is 6.23. The van der Waals surface area contributed by atoms with Gasteiger partial charge in [-0.3, -0.25) is 4.79 Å². The third-order valence-corrected chi connectivity index (χ3v) is 12.9. The van der Waals surface area contributed by atoms with E-state index in [9.17, 15) is 13.8 Å². The Bertz CT molecular complexity index is 1750. The number of anilines is 1. The number of aryl methyl sites for hydroxylation is 1. The van der Waals surface area contributed by atoms with Gasteiger partial charge in [0.1, 0.15) is 11.4 Å². The molecule has 5 atom stereocenters. The van der Waals surface area contributed by atoms with Crippen molar-refractivity contribution >= 4 is 39.1 Å². The number of halogens is 1. The lowest BCUT2D eigenvalue weighted by molar-refractivity contribution is -0.137. The Morgan fingerprint density at radius 2 is 1.98 bits per heavy atom. The van der Waals surface area contributed by atoms with E-state index in [-0.39, 0.29) is 23.0 Å². The monoisotopic (exact) mass is 696 g/mol. The van der Waals surface area contributed by atoms with Crippen molar-refractivity contribution in [2.24, 2.45) is 16.2 Å². The average Bonchev–Trinajstić information content (AvgIpc) is 3.16. The summed E-state index contributed by atoms with van der Waals surface area (Å²) in [7, 11) is -2.02. The van der Waals surface area contributed by atoms with Crippen molar-refractivity contribution in [3.8, 4) is 5.75 Å². The zero-order valence-corrected chi connectivity index (χ0v) is 29.5. The second-order valence-corrected chi connectivity index (χ2v) is 16.7. The lowest BCUT2D eigenvalue weighted by atomic mass is 9.68. The van der Waals surface area contributed by atoms with E-state index in [0.29, 0.717) is 43.8 Å². The molecule has 0 radical (unpaired) electrons. The fourth-order valence-electron chi connectivity index (χ4n) is 7.77. The summed E-state index contributed by atoms with van der Waals surface area (Å²) < 4.78 is 40.4. The van der Waals surface area contributed by atoms with Crippen LogP contribution in [0.5, 0.6) is 5.75 Å². The molecule has 1 spiro atoms. The van der Waals surface area contributed by atoms with Gasteiger partial charge in [-0.15, -0.1) is 4.36 Å². The summed E-state index contributed by atoms with van der Waals surface area (Å²) in [6, 6.07) is 11.0. The van der Waals surface area contributed by atoms with Crippen LogP contribution in [0.4, 0.5) is 10.5 Å². The molecule has 0 aromatic heterocycles. The van der Waals surface area contributed by atoms with Gasteiger partial charge in [0.15, 0.2) is 9.92 Å². The molecule has 2 bridgehead atoms. The molecule has 10 nitrogen and oxygen atoms in total. The number of benzene rings is 2. The topological polar surface area (TPSA) is 110 Å². The molecular formula is C36H45ClN4O6S. The fraction of sp³-hybridized carbons (Fsp3) is 0.556. The van der Waals surface area contributed by atoms with Gasteiger partial charge >= 0.3 is 6.03 Å². The van der Waals surface area contributed by atoms with Gasteiger partial charge in [-0.05, 0) is 106 Å². The first-order valence-corrected chi connectivity index (χ1v) is 18.9. The molecular weight excluding hydrogens is 652 g/mol. The normalized spacial score (nSPS) is 31.2. The Morgan fingerprint density at radius 1 is 1.15 bits per heavy atom. The molecule has 1 saturated heterocycles. The Balaban J connectivity index is 1.36. The first kappa shape index (κ1) is 33.4. The number of hydrogen-bond donors (Lipinski definition) is 1. The SMILES string of the molecule is CO[C@H]1C=CCOC(C)(C)C(=O)N=S(=O)(NC(=O)N2CCC2)c2ccc3c(c2)N(C[C@@H]2CC[C@H]21)C[C@@]1(CCCc2cc(Cl)ccc21)CO3. The molecule has 12 heteroatoms. The average molecular weight is 697 g/mol. The number of nitrogens with one attached hydrogen (secondary N) is 1. The van der Waals surface area contributed by atoms with Crippen molar-refractivity contribution in [3.63, 3.8) is 0 Å². The van der Waals surface area contributed by atoms with Crippen LogP contribution in [0.2, 0.25) is 5.02 Å². The second-order valence-electron chi connectivity index (χ2n) is 14.4. The third-order valence-electron chi connectivity index (χ3n) is 10.9. The van der Waals surface area contributed by atoms with Crippen molar-refractivity contribution < 1.29 is 28.0 Å². The largest absolute Gasteiger partial charge is 0.490 e. The van der Waals surface area contributed by atoms with Gasteiger partial charge in [0.05, 0.1) is 29.9 Å². The highest BCUT2D eigenvalue weighted by Gasteiger charge is 2.45. The molecule has 3 amide bonds. The standard InChI is InChI=1S/C36H45ClN4O6S/c1-35(2)33(42)38-48(44,39-34(43)40-16-6-17-40)27-11-14-32-30(20-27)41(21-25-9-12-28(25)31(45-3)8-5-18-47-35)22-36(23-46-32)15-4-7-24-19-26(37)10-13-29(24)36/h5,8,10-11,13-14,19-20,25,28,31H,4,6-7,9,12,15-18,21-23H2,1-3H3,(H,38,39,42,43,44)/t25-,28+,31-,36-,48?/m0/s1. The number of methoxy groups -OCH3 is 1. The van der Waals surface area contributed by atoms with Gasteiger partial charge < -0.3 is 24.0 Å². The summed E-state index contributed by atoms with van der Waals surface area (Å²) in [5.41, 5.74) is 1.61. The van der Waals surface area contributed by atoms with Gasteiger partial charge in [0, 0.05) is 43.7 Å². The number of fused-ring (bicyclic) bond motifs is 4. The minimum Gasteiger partial charge on any atom is -0.490 e. The van der Waals surface area contributed by atoms with Crippen molar-refractivity contribution in [2.75, 3.05) is 51.4 Å². The molecule has 5 aliphatic rings. The fourth-order valence-corrected chi connectivity index (χ4v) is 9.58. The van der Waals surface area contributed by atoms with E-state index in [1.807, 2.05) is 18.2 Å². The Labute approximate surface area is 288 Å². The van der Waals surface area contributed by atoms with Crippen LogP contribution in [0.25, 0.3) is 0 Å². The Hall–Kier alpha value is -3.12. The van der Waals surface area contributed by atoms with Crippen LogP contribution >= 0.6 is 11.6 Å². The summed E-state index contributed by atoms with van der Waals surface area (Å²) in [6.07, 6.45) is 9.71. The maximum Gasteiger partial charge on any atom is 0.330 e. The van der Waals surface area contributed by atoms with Crippen LogP contribution in [0.15, 0.2) is 57.8 Å². The van der Waals surface area contributed by atoms with Gasteiger partial charge in [-0.1, -0.05) is 29.8 Å². The van der Waals surface area contributed by atoms with E-state index in [1.54, 1.807) is 44.1 Å². The number of rotatable bonds is 2. The highest BCUT2D eigenvalue weighted by Crippen LogP contribution is 2.47. The maximum absolute atomic E-state index is 14.9. The lowest BCUT2D eigenvalue weighted by Gasteiger charge is -2.46. The van der Waals surface area contributed by atoms with Crippen molar-refractivity contribution in [3.05, 3.63) is 64.7 Å². The van der Waals surface area contributed by atoms with E-state index < -0.39 is 27.5 Å². The quantitative estimate of drug-likeness (QED) is 0.390. The molecule has 3 aliphatic heterocycles. The predicted octanol–water partition coefficient (Wildman–Crippen LogP) is 5.90. The highest BCUT2D eigenvalue weighted by molar-refractivity contribution is 7.92. The van der Waals surface area contributed by atoms with Crippen LogP contribution in [0.3, 0.4) is 0 Å². The van der Waals surface area contributed by atoms with E-state index >= 15 is 0 Å². The molecule has 2 aromatic rings. The zero-order chi connectivity index (χ0) is 33.7. The van der Waals surface area contributed by atoms with E-state index in [4.69, 9.17) is 25.8 Å². The zero-order valence-electron chi connectivity index (χ0n) is 27.9. The number of ether oxygens (including phenoxy) is 3. The van der Waals surface area contributed by atoms with Gasteiger partial charge in [0.2, 0.25) is 0 Å². The highest BCUT2D eigenvalue weighted by atomic mass is 35.5. The number of nitrogens with zero attached hydrogens (tertiary/aromatic N) is 3. The van der Waals surface area contributed by atoms with Crippen LogP contribution < -0.4 is 14.4 Å². The summed E-state index contributed by atoms with van der Waals surface area (Å²) in [5, 5.41) is 0.733. The summed E-state index contributed by atoms with van der Waals surface area (Å²) >= 11 is 6.46. The lowest BCUT2D eigenvalue weighted by Crippen LogP contribution is -2.50. The molecule has 7 rings (SSSR count). The number of carbonyl (C=O) groups excluding carboxylic acids is 2. The van der Waals surface area contributed by atoms with E-state index in [2.05, 4.69) is 26.1 Å². The predicted molar refractivity (Wildman–Crippen MR) is 185 cm³/mol. The molecule has 258 valence electrons. The summed E-state index contributed by atoms with van der Waals surface area (Å²) in [6.45, 7) is 6.38. The van der Waals surface area contributed by atoms with Gasteiger partial charge in [-0.2, -0.15) is 0 Å². The van der Waals surface area contributed by atoms with Gasteiger partial charge in [0.25, 0.3) is 5.91 Å². The Morgan fingerprint density at radius 3 is 2.71 bits per heavy atom. The van der Waals surface area contributed by atoms with Crippen LogP contribution in [0, 0.1) is 11.8 Å². The van der Waals surface area contributed by atoms with Crippen LogP contribution in [-0.2, 0) is 36.0 Å². The molecule has 2 aliphatic carbocycles. The number of hydrogen-bond acceptors (Lipinski definition) is 7. The minimum absolute atomic E-state index is 0.0975.